The van der Waals surface area contributed by atoms with E-state index in [-0.39, 0.29) is 23.8 Å². The average molecular weight is 471 g/mol. The molecule has 0 bridgehead atoms. The van der Waals surface area contributed by atoms with Crippen LogP contribution >= 0.6 is 23.2 Å². The van der Waals surface area contributed by atoms with Crippen molar-refractivity contribution in [1.82, 2.24) is 5.32 Å². The van der Waals surface area contributed by atoms with Gasteiger partial charge in [0.1, 0.15) is 17.1 Å². The third-order valence-corrected chi connectivity index (χ3v) is 5.39. The minimum Gasteiger partial charge on any atom is -0.457 e. The number of amides is 4. The number of benzene rings is 2. The van der Waals surface area contributed by atoms with Crippen LogP contribution in [0.3, 0.4) is 0 Å². The maximum atomic E-state index is 13.1. The summed E-state index contributed by atoms with van der Waals surface area (Å²) in [6.45, 7) is 0.0417. The lowest BCUT2D eigenvalue weighted by molar-refractivity contribution is -0.122. The van der Waals surface area contributed by atoms with Crippen LogP contribution in [0.1, 0.15) is 5.76 Å². The summed E-state index contributed by atoms with van der Waals surface area (Å²) in [7, 11) is 0. The Balaban J connectivity index is 1.48. The minimum atomic E-state index is -0.873. The highest BCUT2D eigenvalue weighted by molar-refractivity contribution is 6.39. The van der Waals surface area contributed by atoms with Gasteiger partial charge in [0.25, 0.3) is 11.8 Å². The lowest BCUT2D eigenvalue weighted by atomic mass is 10.1. The Morgan fingerprint density at radius 3 is 2.59 bits per heavy atom. The Labute approximate surface area is 190 Å². The molecule has 3 aromatic rings. The molecule has 5 rings (SSSR count). The number of imide groups is 2. The highest BCUT2D eigenvalue weighted by Crippen LogP contribution is 2.37. The number of rotatable bonds is 3. The molecular formula is C22H12Cl2N2O6. The zero-order valence-electron chi connectivity index (χ0n) is 16.1. The standard InChI is InChI=1S/C22H12Cl2N2O6/c23-11-1-4-16(24)14(7-11)17-6-3-13(32-17)9-15-20(27)25-22(29)26(21(15)28)12-2-5-18-19(8-12)31-10-30-18/h1-9H,10H2,(H,25,27,29)/b15-9+. The van der Waals surface area contributed by atoms with Crippen molar-refractivity contribution >= 4 is 52.8 Å². The Hall–Kier alpha value is -3.75. The van der Waals surface area contributed by atoms with E-state index in [1.807, 2.05) is 0 Å². The number of furan rings is 1. The van der Waals surface area contributed by atoms with Crippen LogP contribution in [0.5, 0.6) is 11.5 Å². The summed E-state index contributed by atoms with van der Waals surface area (Å²) in [4.78, 5) is 38.7. The van der Waals surface area contributed by atoms with E-state index in [1.54, 1.807) is 36.4 Å². The number of barbiturate groups is 1. The van der Waals surface area contributed by atoms with Gasteiger partial charge in [0.2, 0.25) is 6.79 Å². The van der Waals surface area contributed by atoms with Gasteiger partial charge in [-0.15, -0.1) is 0 Å². The number of halogens is 2. The molecule has 8 nitrogen and oxygen atoms in total. The quantitative estimate of drug-likeness (QED) is 0.441. The van der Waals surface area contributed by atoms with Gasteiger partial charge < -0.3 is 13.9 Å². The maximum Gasteiger partial charge on any atom is 0.335 e. The highest BCUT2D eigenvalue weighted by Gasteiger charge is 2.37. The van der Waals surface area contributed by atoms with Gasteiger partial charge in [0, 0.05) is 16.7 Å². The Bertz CT molecular complexity index is 1330. The first-order chi connectivity index (χ1) is 15.4. The molecule has 2 aromatic carbocycles. The molecule has 1 fully saturated rings. The SMILES string of the molecule is O=C1NC(=O)N(c2ccc3c(c2)OCO3)C(=O)/C1=C/c1ccc(-c2cc(Cl)ccc2Cl)o1. The minimum absolute atomic E-state index is 0.0417. The lowest BCUT2D eigenvalue weighted by Gasteiger charge is -2.26. The van der Waals surface area contributed by atoms with Gasteiger partial charge in [-0.1, -0.05) is 23.2 Å². The van der Waals surface area contributed by atoms with Crippen molar-refractivity contribution in [2.75, 3.05) is 11.7 Å². The van der Waals surface area contributed by atoms with Crippen LogP contribution in [0.4, 0.5) is 10.5 Å². The first-order valence-electron chi connectivity index (χ1n) is 9.27. The summed E-state index contributed by atoms with van der Waals surface area (Å²) in [6.07, 6.45) is 1.26. The number of hydrogen-bond donors (Lipinski definition) is 1. The zero-order valence-corrected chi connectivity index (χ0v) is 17.6. The third-order valence-electron chi connectivity index (χ3n) is 4.82. The smallest absolute Gasteiger partial charge is 0.335 e. The van der Waals surface area contributed by atoms with Crippen LogP contribution in [0.2, 0.25) is 10.0 Å². The van der Waals surface area contributed by atoms with Gasteiger partial charge in [-0.05, 0) is 48.5 Å². The van der Waals surface area contributed by atoms with E-state index in [9.17, 15) is 14.4 Å². The van der Waals surface area contributed by atoms with E-state index in [0.717, 1.165) is 4.90 Å². The van der Waals surface area contributed by atoms with Crippen LogP contribution in [-0.4, -0.2) is 24.6 Å². The number of urea groups is 1. The van der Waals surface area contributed by atoms with E-state index < -0.39 is 17.8 Å². The van der Waals surface area contributed by atoms with Crippen molar-refractivity contribution in [3.8, 4) is 22.8 Å². The number of fused-ring (bicyclic) bond motifs is 1. The summed E-state index contributed by atoms with van der Waals surface area (Å²) < 4.78 is 16.3. The van der Waals surface area contributed by atoms with E-state index in [1.165, 1.54) is 18.2 Å². The van der Waals surface area contributed by atoms with Crippen molar-refractivity contribution < 1.29 is 28.3 Å². The normalized spacial score (nSPS) is 16.6. The van der Waals surface area contributed by atoms with Gasteiger partial charge in [0.05, 0.1) is 10.7 Å². The largest absolute Gasteiger partial charge is 0.457 e. The second kappa shape index (κ2) is 7.74. The molecule has 3 heterocycles. The van der Waals surface area contributed by atoms with Crippen LogP contribution in [0.15, 0.2) is 58.5 Å². The fourth-order valence-corrected chi connectivity index (χ4v) is 3.70. The molecule has 0 atom stereocenters. The predicted octanol–water partition coefficient (Wildman–Crippen LogP) is 4.65. The Morgan fingerprint density at radius 2 is 1.75 bits per heavy atom. The van der Waals surface area contributed by atoms with Crippen molar-refractivity contribution in [3.05, 3.63) is 69.9 Å². The van der Waals surface area contributed by atoms with E-state index in [4.69, 9.17) is 37.1 Å². The molecule has 0 spiro atoms. The van der Waals surface area contributed by atoms with Crippen molar-refractivity contribution in [3.63, 3.8) is 0 Å². The summed E-state index contributed by atoms with van der Waals surface area (Å²) in [5.74, 6) is -0.147. The van der Waals surface area contributed by atoms with Gasteiger partial charge in [0.15, 0.2) is 11.5 Å². The number of ether oxygens (including phenoxy) is 2. The van der Waals surface area contributed by atoms with Crippen molar-refractivity contribution in [2.24, 2.45) is 0 Å². The van der Waals surface area contributed by atoms with Crippen molar-refractivity contribution in [2.45, 2.75) is 0 Å². The van der Waals surface area contributed by atoms with Crippen LogP contribution in [-0.2, 0) is 9.59 Å². The summed E-state index contributed by atoms with van der Waals surface area (Å²) >= 11 is 12.2. The summed E-state index contributed by atoms with van der Waals surface area (Å²) in [5.41, 5.74) is 0.502. The topological polar surface area (TPSA) is 98.1 Å². The second-order valence-corrected chi connectivity index (χ2v) is 7.67. The fourth-order valence-electron chi connectivity index (χ4n) is 3.32. The molecule has 0 unspecified atom stereocenters. The van der Waals surface area contributed by atoms with Gasteiger partial charge in [-0.2, -0.15) is 0 Å². The van der Waals surface area contributed by atoms with E-state index in [2.05, 4.69) is 5.32 Å². The molecular weight excluding hydrogens is 459 g/mol. The number of carbonyl (C=O) groups is 3. The van der Waals surface area contributed by atoms with Gasteiger partial charge in [-0.25, -0.2) is 9.69 Å². The van der Waals surface area contributed by atoms with Gasteiger partial charge in [-0.3, -0.25) is 14.9 Å². The first-order valence-corrected chi connectivity index (χ1v) is 10.0. The molecule has 1 saturated heterocycles. The number of nitrogens with zero attached hydrogens (tertiary/aromatic N) is 1. The molecule has 1 aromatic heterocycles. The predicted molar refractivity (Wildman–Crippen MR) is 116 cm³/mol. The lowest BCUT2D eigenvalue weighted by Crippen LogP contribution is -2.54. The molecule has 0 aliphatic carbocycles. The number of nitrogens with one attached hydrogen (secondary N) is 1. The number of hydrogen-bond acceptors (Lipinski definition) is 6. The number of carbonyl (C=O) groups excluding carboxylic acids is 3. The monoisotopic (exact) mass is 470 g/mol. The molecule has 2 aliphatic heterocycles. The molecule has 4 amide bonds. The molecule has 0 saturated carbocycles. The molecule has 1 N–H and O–H groups in total. The second-order valence-electron chi connectivity index (χ2n) is 6.82. The molecule has 0 radical (unpaired) electrons. The van der Waals surface area contributed by atoms with Crippen LogP contribution < -0.4 is 19.7 Å². The zero-order chi connectivity index (χ0) is 22.4. The molecule has 160 valence electrons. The highest BCUT2D eigenvalue weighted by atomic mass is 35.5. The fraction of sp³-hybridized carbons (Fsp3) is 0.0455. The van der Waals surface area contributed by atoms with Crippen molar-refractivity contribution in [1.29, 1.82) is 0 Å². The van der Waals surface area contributed by atoms with Gasteiger partial charge >= 0.3 is 6.03 Å². The third kappa shape index (κ3) is 3.49. The molecule has 2 aliphatic rings. The first kappa shape index (κ1) is 20.2. The molecule has 32 heavy (non-hydrogen) atoms. The van der Waals surface area contributed by atoms with Crippen LogP contribution in [0, 0.1) is 0 Å². The Kier molecular flexibility index (Phi) is 4.88. The summed E-state index contributed by atoms with van der Waals surface area (Å²) in [5, 5.41) is 3.06. The maximum absolute atomic E-state index is 13.1. The van der Waals surface area contributed by atoms with E-state index >= 15 is 0 Å². The average Bonchev–Trinajstić information content (AvgIpc) is 3.42. The summed E-state index contributed by atoms with van der Waals surface area (Å²) in [6, 6.07) is 11.8. The van der Waals surface area contributed by atoms with Crippen LogP contribution in [0.25, 0.3) is 17.4 Å². The number of anilines is 1. The molecule has 10 heteroatoms. The van der Waals surface area contributed by atoms with E-state index in [0.29, 0.717) is 32.9 Å². The Morgan fingerprint density at radius 1 is 0.938 bits per heavy atom.